The Morgan fingerprint density at radius 2 is 1.94 bits per heavy atom. The third-order valence-corrected chi connectivity index (χ3v) is 3.76. The molecule has 0 saturated carbocycles. The molecule has 5 heteroatoms. The minimum atomic E-state index is 0.128. The fourth-order valence-corrected chi connectivity index (χ4v) is 2.64. The first-order valence-corrected chi connectivity index (χ1v) is 6.97. The zero-order valence-electron chi connectivity index (χ0n) is 11.6. The van der Waals surface area contributed by atoms with E-state index in [0.29, 0.717) is 6.10 Å². The zero-order valence-corrected chi connectivity index (χ0v) is 11.6. The minimum Gasteiger partial charge on any atom is -0.377 e. The lowest BCUT2D eigenvalue weighted by molar-refractivity contribution is -0.0123. The molecule has 0 aromatic carbocycles. The molecule has 2 aliphatic rings. The quantitative estimate of drug-likeness (QED) is 0.734. The number of carbonyl (C=O) groups is 1. The van der Waals surface area contributed by atoms with Gasteiger partial charge in [-0.1, -0.05) is 0 Å². The van der Waals surface area contributed by atoms with Crippen molar-refractivity contribution in [2.45, 2.75) is 25.4 Å². The number of amides is 2. The maximum atomic E-state index is 11.8. The number of carbonyl (C=O) groups excluding carboxylic acids is 1. The van der Waals surface area contributed by atoms with Crippen molar-refractivity contribution in [1.29, 1.82) is 0 Å². The second kappa shape index (κ2) is 6.38. The van der Waals surface area contributed by atoms with Gasteiger partial charge < -0.3 is 14.5 Å². The summed E-state index contributed by atoms with van der Waals surface area (Å²) in [6.45, 7) is 5.57. The molecule has 18 heavy (non-hydrogen) atoms. The first kappa shape index (κ1) is 13.6. The molecule has 2 amide bonds. The highest BCUT2D eigenvalue weighted by Crippen LogP contribution is 2.15. The third kappa shape index (κ3) is 3.59. The van der Waals surface area contributed by atoms with Crippen LogP contribution in [-0.2, 0) is 4.74 Å². The lowest BCUT2D eigenvalue weighted by Crippen LogP contribution is -2.53. The van der Waals surface area contributed by atoms with Crippen LogP contribution in [0.25, 0.3) is 0 Å². The van der Waals surface area contributed by atoms with Gasteiger partial charge in [-0.05, 0) is 19.3 Å². The number of hydrogen-bond acceptors (Lipinski definition) is 3. The minimum absolute atomic E-state index is 0.128. The van der Waals surface area contributed by atoms with E-state index in [-0.39, 0.29) is 6.03 Å². The number of hydrogen-bond donors (Lipinski definition) is 0. The van der Waals surface area contributed by atoms with Gasteiger partial charge in [-0.15, -0.1) is 0 Å². The zero-order chi connectivity index (χ0) is 13.0. The van der Waals surface area contributed by atoms with Gasteiger partial charge in [-0.3, -0.25) is 4.90 Å². The van der Waals surface area contributed by atoms with Gasteiger partial charge in [-0.25, -0.2) is 4.79 Å². The molecule has 2 aliphatic heterocycles. The molecule has 2 saturated heterocycles. The first-order valence-electron chi connectivity index (χ1n) is 6.97. The molecule has 0 aromatic rings. The van der Waals surface area contributed by atoms with Crippen LogP contribution in [0.2, 0.25) is 0 Å². The smallest absolute Gasteiger partial charge is 0.319 e. The molecule has 0 bridgehead atoms. The lowest BCUT2D eigenvalue weighted by Gasteiger charge is -2.37. The summed E-state index contributed by atoms with van der Waals surface area (Å²) >= 11 is 0. The Morgan fingerprint density at radius 3 is 2.50 bits per heavy atom. The van der Waals surface area contributed by atoms with E-state index in [1.54, 1.807) is 4.90 Å². The highest BCUT2D eigenvalue weighted by Gasteiger charge is 2.24. The largest absolute Gasteiger partial charge is 0.377 e. The predicted octanol–water partition coefficient (Wildman–Crippen LogP) is 0.855. The van der Waals surface area contributed by atoms with Gasteiger partial charge in [0.15, 0.2) is 0 Å². The Balaban J connectivity index is 1.71. The molecule has 5 nitrogen and oxygen atoms in total. The normalized spacial score (nSPS) is 26.1. The first-order chi connectivity index (χ1) is 8.66. The summed E-state index contributed by atoms with van der Waals surface area (Å²) in [5.74, 6) is 0. The molecule has 2 rings (SSSR count). The maximum Gasteiger partial charge on any atom is 0.319 e. The van der Waals surface area contributed by atoms with E-state index in [1.165, 1.54) is 19.3 Å². The SMILES string of the molecule is CN(C)C(=O)N1CCN(C[C@H]2CCCCO2)CC1. The van der Waals surface area contributed by atoms with Crippen LogP contribution < -0.4 is 0 Å². The molecule has 1 atom stereocenters. The van der Waals surface area contributed by atoms with Crippen LogP contribution in [0, 0.1) is 0 Å². The summed E-state index contributed by atoms with van der Waals surface area (Å²) in [6, 6.07) is 0.128. The van der Waals surface area contributed by atoms with Crippen molar-refractivity contribution in [2.24, 2.45) is 0 Å². The van der Waals surface area contributed by atoms with Crippen molar-refractivity contribution in [3.63, 3.8) is 0 Å². The Hall–Kier alpha value is -0.810. The van der Waals surface area contributed by atoms with Gasteiger partial charge >= 0.3 is 6.03 Å². The van der Waals surface area contributed by atoms with Crippen LogP contribution in [0.15, 0.2) is 0 Å². The molecule has 0 unspecified atom stereocenters. The molecule has 0 aromatic heterocycles. The Bertz CT molecular complexity index is 269. The number of piperazine rings is 1. The summed E-state index contributed by atoms with van der Waals surface area (Å²) in [7, 11) is 3.62. The second-order valence-corrected chi connectivity index (χ2v) is 5.45. The third-order valence-electron chi connectivity index (χ3n) is 3.76. The van der Waals surface area contributed by atoms with Gasteiger partial charge in [0.1, 0.15) is 0 Å². The standard InChI is InChI=1S/C13H25N3O2/c1-14(2)13(17)16-8-6-15(7-9-16)11-12-5-3-4-10-18-12/h12H,3-11H2,1-2H3/t12-/m1/s1. The predicted molar refractivity (Wildman–Crippen MR) is 70.7 cm³/mol. The Morgan fingerprint density at radius 1 is 1.22 bits per heavy atom. The van der Waals surface area contributed by atoms with E-state index < -0.39 is 0 Å². The number of urea groups is 1. The number of ether oxygens (including phenoxy) is 1. The summed E-state index contributed by atoms with van der Waals surface area (Å²) < 4.78 is 5.76. The molecular formula is C13H25N3O2. The molecule has 0 spiro atoms. The van der Waals surface area contributed by atoms with Crippen LogP contribution >= 0.6 is 0 Å². The maximum absolute atomic E-state index is 11.8. The summed E-state index contributed by atoms with van der Waals surface area (Å²) in [4.78, 5) is 17.8. The monoisotopic (exact) mass is 255 g/mol. The summed E-state index contributed by atoms with van der Waals surface area (Å²) in [6.07, 6.45) is 4.11. The van der Waals surface area contributed by atoms with Gasteiger partial charge in [0.2, 0.25) is 0 Å². The van der Waals surface area contributed by atoms with Crippen molar-refractivity contribution in [3.8, 4) is 0 Å². The van der Waals surface area contributed by atoms with Crippen LogP contribution in [-0.4, -0.2) is 80.3 Å². The van der Waals surface area contributed by atoms with Gasteiger partial charge in [0, 0.05) is 53.4 Å². The van der Waals surface area contributed by atoms with E-state index in [4.69, 9.17) is 4.74 Å². The average Bonchev–Trinajstić information content (AvgIpc) is 2.40. The van der Waals surface area contributed by atoms with Gasteiger partial charge in [0.05, 0.1) is 6.10 Å². The molecule has 0 radical (unpaired) electrons. The highest BCUT2D eigenvalue weighted by molar-refractivity contribution is 5.73. The average molecular weight is 255 g/mol. The van der Waals surface area contributed by atoms with Crippen LogP contribution in [0.3, 0.4) is 0 Å². The molecule has 0 N–H and O–H groups in total. The van der Waals surface area contributed by atoms with Crippen LogP contribution in [0.5, 0.6) is 0 Å². The van der Waals surface area contributed by atoms with Gasteiger partial charge in [0.25, 0.3) is 0 Å². The Kier molecular flexibility index (Phi) is 4.83. The van der Waals surface area contributed by atoms with E-state index in [2.05, 4.69) is 4.90 Å². The van der Waals surface area contributed by atoms with E-state index in [0.717, 1.165) is 39.3 Å². The fourth-order valence-electron chi connectivity index (χ4n) is 2.64. The lowest BCUT2D eigenvalue weighted by atomic mass is 10.1. The number of rotatable bonds is 2. The van der Waals surface area contributed by atoms with Crippen molar-refractivity contribution < 1.29 is 9.53 Å². The summed E-state index contributed by atoms with van der Waals surface area (Å²) in [5.41, 5.74) is 0. The van der Waals surface area contributed by atoms with E-state index in [9.17, 15) is 4.79 Å². The Labute approximate surface area is 110 Å². The molecule has 2 heterocycles. The van der Waals surface area contributed by atoms with Crippen LogP contribution in [0.1, 0.15) is 19.3 Å². The molecular weight excluding hydrogens is 230 g/mol. The van der Waals surface area contributed by atoms with E-state index >= 15 is 0 Å². The number of nitrogens with zero attached hydrogens (tertiary/aromatic N) is 3. The fraction of sp³-hybridized carbons (Fsp3) is 0.923. The van der Waals surface area contributed by atoms with Crippen LogP contribution in [0.4, 0.5) is 4.79 Å². The van der Waals surface area contributed by atoms with Gasteiger partial charge in [-0.2, -0.15) is 0 Å². The van der Waals surface area contributed by atoms with Crippen molar-refractivity contribution in [3.05, 3.63) is 0 Å². The highest BCUT2D eigenvalue weighted by atomic mass is 16.5. The van der Waals surface area contributed by atoms with Crippen molar-refractivity contribution >= 4 is 6.03 Å². The van der Waals surface area contributed by atoms with Crippen molar-refractivity contribution in [2.75, 3.05) is 53.4 Å². The summed E-state index contributed by atoms with van der Waals surface area (Å²) in [5, 5.41) is 0. The second-order valence-electron chi connectivity index (χ2n) is 5.45. The topological polar surface area (TPSA) is 36.0 Å². The van der Waals surface area contributed by atoms with Crippen molar-refractivity contribution in [1.82, 2.24) is 14.7 Å². The van der Waals surface area contributed by atoms with E-state index in [1.807, 2.05) is 19.0 Å². The molecule has 2 fully saturated rings. The molecule has 0 aliphatic carbocycles. The molecule has 104 valence electrons.